The van der Waals surface area contributed by atoms with E-state index in [0.717, 1.165) is 0 Å². The molecule has 30 heavy (non-hydrogen) atoms. The Bertz CT molecular complexity index is 847. The molecule has 1 N–H and O–H groups in total. The molecule has 164 valence electrons. The first-order chi connectivity index (χ1) is 14.0. The summed E-state index contributed by atoms with van der Waals surface area (Å²) in [4.78, 5) is 37.5. The van der Waals surface area contributed by atoms with E-state index in [-0.39, 0.29) is 17.3 Å². The lowest BCUT2D eigenvalue weighted by atomic mass is 9.80. The van der Waals surface area contributed by atoms with E-state index in [4.69, 9.17) is 23.7 Å². The van der Waals surface area contributed by atoms with Gasteiger partial charge in [-0.15, -0.1) is 0 Å². The van der Waals surface area contributed by atoms with Gasteiger partial charge in [0.2, 0.25) is 0 Å². The smallest absolute Gasteiger partial charge is 0.341 e. The summed E-state index contributed by atoms with van der Waals surface area (Å²) in [6.45, 7) is 8.98. The number of rotatable bonds is 3. The van der Waals surface area contributed by atoms with E-state index in [9.17, 15) is 19.5 Å². The zero-order chi connectivity index (χ0) is 22.0. The minimum absolute atomic E-state index is 0.0504. The Morgan fingerprint density at radius 1 is 1.30 bits per heavy atom. The van der Waals surface area contributed by atoms with E-state index >= 15 is 0 Å². The van der Waals surface area contributed by atoms with Gasteiger partial charge in [0.05, 0.1) is 30.3 Å². The number of carbonyl (C=O) groups is 3. The number of methoxy groups -OCH3 is 1. The Balaban J connectivity index is 1.75. The van der Waals surface area contributed by atoms with E-state index in [1.54, 1.807) is 19.9 Å². The van der Waals surface area contributed by atoms with Gasteiger partial charge in [-0.25, -0.2) is 14.4 Å². The first-order valence-corrected chi connectivity index (χ1v) is 9.96. The Kier molecular flexibility index (Phi) is 4.83. The summed E-state index contributed by atoms with van der Waals surface area (Å²) in [5.41, 5.74) is -1.73. The molecule has 0 aromatic rings. The molecular formula is C21H26O9. The number of epoxide rings is 2. The third-order valence-electron chi connectivity index (χ3n) is 6.70. The molecule has 1 aliphatic carbocycles. The minimum atomic E-state index is -1.55. The first-order valence-electron chi connectivity index (χ1n) is 9.96. The minimum Gasteiger partial charge on any atom is -0.466 e. The van der Waals surface area contributed by atoms with Gasteiger partial charge in [0, 0.05) is 5.57 Å². The molecule has 4 rings (SSSR count). The molecule has 0 bridgehead atoms. The maximum Gasteiger partial charge on any atom is 0.341 e. The molecule has 0 aromatic carbocycles. The van der Waals surface area contributed by atoms with Crippen LogP contribution in [-0.4, -0.2) is 71.8 Å². The predicted molar refractivity (Wildman–Crippen MR) is 100.0 cm³/mol. The highest BCUT2D eigenvalue weighted by molar-refractivity contribution is 5.92. The van der Waals surface area contributed by atoms with Crippen molar-refractivity contribution in [2.24, 2.45) is 5.92 Å². The molecule has 0 aromatic heterocycles. The maximum atomic E-state index is 12.8. The first kappa shape index (κ1) is 21.0. The number of hydrogen-bond donors (Lipinski definition) is 1. The standard InChI is InChI=1S/C21H26O9/c1-9-12-14(28-19(25)21(4)10(2)29-21)13(22)11(18(24)26-5)7-6-8-20(3)16(30-20)15(12)27-17(9)23/h7,10,12-16,22H,1,6,8H2,2-5H3/b11-7+/t10-,12-,13-,14+,15+,16-,20-,21+/m1/s1. The van der Waals surface area contributed by atoms with Crippen molar-refractivity contribution in [1.29, 1.82) is 0 Å². The highest BCUT2D eigenvalue weighted by atomic mass is 16.7. The lowest BCUT2D eigenvalue weighted by molar-refractivity contribution is -0.166. The third kappa shape index (κ3) is 3.16. The molecule has 0 amide bonds. The van der Waals surface area contributed by atoms with E-state index in [2.05, 4.69) is 6.58 Å². The fraction of sp³-hybridized carbons (Fsp3) is 0.667. The number of fused-ring (bicyclic) bond motifs is 3. The van der Waals surface area contributed by atoms with Gasteiger partial charge in [-0.3, -0.25) is 0 Å². The normalized spacial score (nSPS) is 46.5. The van der Waals surface area contributed by atoms with Crippen LogP contribution in [0.2, 0.25) is 0 Å². The Morgan fingerprint density at radius 2 is 1.97 bits per heavy atom. The fourth-order valence-electron chi connectivity index (χ4n) is 4.37. The van der Waals surface area contributed by atoms with Crippen LogP contribution in [0.1, 0.15) is 33.6 Å². The zero-order valence-electron chi connectivity index (χ0n) is 17.4. The molecule has 3 aliphatic heterocycles. The largest absolute Gasteiger partial charge is 0.466 e. The molecule has 9 nitrogen and oxygen atoms in total. The number of esters is 3. The average molecular weight is 422 g/mol. The molecule has 9 heteroatoms. The van der Waals surface area contributed by atoms with Gasteiger partial charge in [0.15, 0.2) is 5.60 Å². The highest BCUT2D eigenvalue weighted by Crippen LogP contribution is 2.50. The SMILES string of the molecule is C=C1C(=O)O[C@H]2[C@H]1[C@H](OC(=O)[C@@]1(C)O[C@@H]1C)[C@H](O)/C(C(=O)OC)=C\CC[C@@]1(C)O[C@H]21. The van der Waals surface area contributed by atoms with Gasteiger partial charge in [0.25, 0.3) is 0 Å². The molecule has 3 fully saturated rings. The van der Waals surface area contributed by atoms with Gasteiger partial charge in [0.1, 0.15) is 24.4 Å². The summed E-state index contributed by atoms with van der Waals surface area (Å²) in [6, 6.07) is 0. The second-order valence-corrected chi connectivity index (χ2v) is 8.64. The van der Waals surface area contributed by atoms with Gasteiger partial charge < -0.3 is 28.8 Å². The molecule has 3 saturated heterocycles. The van der Waals surface area contributed by atoms with Crippen LogP contribution < -0.4 is 0 Å². The van der Waals surface area contributed by atoms with E-state index < -0.39 is 59.4 Å². The fourth-order valence-corrected chi connectivity index (χ4v) is 4.37. The topological polar surface area (TPSA) is 124 Å². The molecule has 0 unspecified atom stereocenters. The quantitative estimate of drug-likeness (QED) is 0.301. The molecule has 0 radical (unpaired) electrons. The second kappa shape index (κ2) is 6.90. The van der Waals surface area contributed by atoms with Crippen molar-refractivity contribution in [2.75, 3.05) is 7.11 Å². The van der Waals surface area contributed by atoms with E-state index in [1.807, 2.05) is 6.92 Å². The zero-order valence-corrected chi connectivity index (χ0v) is 17.4. The van der Waals surface area contributed by atoms with Crippen molar-refractivity contribution >= 4 is 17.9 Å². The van der Waals surface area contributed by atoms with Crippen LogP contribution in [0.25, 0.3) is 0 Å². The van der Waals surface area contributed by atoms with Crippen LogP contribution in [0.4, 0.5) is 0 Å². The van der Waals surface area contributed by atoms with Crippen molar-refractivity contribution in [3.05, 3.63) is 23.8 Å². The van der Waals surface area contributed by atoms with Gasteiger partial charge in [-0.05, 0) is 33.6 Å². The van der Waals surface area contributed by atoms with Gasteiger partial charge in [-0.1, -0.05) is 12.7 Å². The highest BCUT2D eigenvalue weighted by Gasteiger charge is 2.65. The molecule has 4 aliphatic rings. The molecule has 0 saturated carbocycles. The lowest BCUT2D eigenvalue weighted by Crippen LogP contribution is -2.48. The van der Waals surface area contributed by atoms with Crippen molar-refractivity contribution in [3.63, 3.8) is 0 Å². The summed E-state index contributed by atoms with van der Waals surface area (Å²) in [5.74, 6) is -3.00. The Morgan fingerprint density at radius 3 is 2.57 bits per heavy atom. The number of hydrogen-bond acceptors (Lipinski definition) is 9. The monoisotopic (exact) mass is 422 g/mol. The van der Waals surface area contributed by atoms with Crippen molar-refractivity contribution in [1.82, 2.24) is 0 Å². The van der Waals surface area contributed by atoms with Crippen LogP contribution in [0.15, 0.2) is 23.8 Å². The van der Waals surface area contributed by atoms with Crippen molar-refractivity contribution < 1.29 is 43.2 Å². The van der Waals surface area contributed by atoms with Crippen LogP contribution >= 0.6 is 0 Å². The summed E-state index contributed by atoms with van der Waals surface area (Å²) >= 11 is 0. The van der Waals surface area contributed by atoms with Crippen molar-refractivity contribution in [2.45, 2.75) is 75.3 Å². The predicted octanol–water partition coefficient (Wildman–Crippen LogP) is 0.585. The summed E-state index contributed by atoms with van der Waals surface area (Å²) in [6.07, 6.45) is -1.94. The number of ether oxygens (including phenoxy) is 5. The average Bonchev–Trinajstić information content (AvgIpc) is 3.52. The van der Waals surface area contributed by atoms with E-state index in [0.29, 0.717) is 12.8 Å². The number of allylic oxidation sites excluding steroid dienone is 1. The molecule has 0 spiro atoms. The Hall–Kier alpha value is -2.23. The molecular weight excluding hydrogens is 396 g/mol. The lowest BCUT2D eigenvalue weighted by Gasteiger charge is -2.32. The second-order valence-electron chi connectivity index (χ2n) is 8.64. The van der Waals surface area contributed by atoms with Crippen LogP contribution in [0.3, 0.4) is 0 Å². The number of carbonyl (C=O) groups excluding carboxylic acids is 3. The van der Waals surface area contributed by atoms with E-state index in [1.165, 1.54) is 7.11 Å². The summed E-state index contributed by atoms with van der Waals surface area (Å²) in [5, 5.41) is 11.1. The Labute approximate surface area is 173 Å². The van der Waals surface area contributed by atoms with Crippen molar-refractivity contribution in [3.8, 4) is 0 Å². The summed E-state index contributed by atoms with van der Waals surface area (Å²) < 4.78 is 27.2. The summed E-state index contributed by atoms with van der Waals surface area (Å²) in [7, 11) is 1.20. The third-order valence-corrected chi connectivity index (χ3v) is 6.70. The molecule has 3 heterocycles. The van der Waals surface area contributed by atoms with Crippen LogP contribution in [0.5, 0.6) is 0 Å². The van der Waals surface area contributed by atoms with Gasteiger partial charge in [-0.2, -0.15) is 0 Å². The maximum absolute atomic E-state index is 12.8. The van der Waals surface area contributed by atoms with Crippen LogP contribution in [-0.2, 0) is 38.1 Å². The number of aliphatic hydroxyl groups excluding tert-OH is 1. The van der Waals surface area contributed by atoms with Gasteiger partial charge >= 0.3 is 17.9 Å². The number of aliphatic hydroxyl groups is 1. The molecule has 8 atom stereocenters. The van der Waals surface area contributed by atoms with Crippen LogP contribution in [0, 0.1) is 5.92 Å².